The van der Waals surface area contributed by atoms with Gasteiger partial charge in [0.25, 0.3) is 5.91 Å². The van der Waals surface area contributed by atoms with Crippen LogP contribution in [0.3, 0.4) is 0 Å². The molecule has 20 heavy (non-hydrogen) atoms. The number of hydrogen-bond acceptors (Lipinski definition) is 1. The van der Waals surface area contributed by atoms with Crippen LogP contribution in [0.2, 0.25) is 0 Å². The maximum atomic E-state index is 13.0. The zero-order valence-electron chi connectivity index (χ0n) is 11.3. The largest absolute Gasteiger partial charge is 0.345 e. The summed E-state index contributed by atoms with van der Waals surface area (Å²) in [5, 5.41) is 2.90. The van der Waals surface area contributed by atoms with Crippen LogP contribution in [0.1, 0.15) is 34.5 Å². The molecule has 1 atom stereocenters. The Hall–Kier alpha value is -1.68. The smallest absolute Gasteiger partial charge is 0.252 e. The van der Waals surface area contributed by atoms with Crippen LogP contribution in [0.15, 0.2) is 46.9 Å². The highest BCUT2D eigenvalue weighted by Crippen LogP contribution is 2.20. The summed E-state index contributed by atoms with van der Waals surface area (Å²) in [5.41, 5.74) is 2.63. The molecular weight excluding hydrogens is 321 g/mol. The number of rotatable bonds is 3. The number of carbonyl (C=O) groups excluding carboxylic acids is 1. The maximum Gasteiger partial charge on any atom is 0.252 e. The molecule has 0 spiro atoms. The van der Waals surface area contributed by atoms with Crippen molar-refractivity contribution in [1.82, 2.24) is 5.32 Å². The van der Waals surface area contributed by atoms with E-state index in [1.807, 2.05) is 38.1 Å². The topological polar surface area (TPSA) is 29.1 Å². The van der Waals surface area contributed by atoms with Gasteiger partial charge >= 0.3 is 0 Å². The highest BCUT2D eigenvalue weighted by molar-refractivity contribution is 9.10. The van der Waals surface area contributed by atoms with Gasteiger partial charge in [0.05, 0.1) is 11.6 Å². The van der Waals surface area contributed by atoms with Crippen molar-refractivity contribution in [2.75, 3.05) is 0 Å². The third-order valence-electron chi connectivity index (χ3n) is 3.10. The van der Waals surface area contributed by atoms with Crippen molar-refractivity contribution in [2.45, 2.75) is 19.9 Å². The van der Waals surface area contributed by atoms with Gasteiger partial charge in [-0.15, -0.1) is 0 Å². The number of benzene rings is 2. The lowest BCUT2D eigenvalue weighted by molar-refractivity contribution is 0.0939. The minimum absolute atomic E-state index is 0.111. The van der Waals surface area contributed by atoms with E-state index in [4.69, 9.17) is 0 Å². The predicted octanol–water partition coefficient (Wildman–Crippen LogP) is 4.39. The van der Waals surface area contributed by atoms with Gasteiger partial charge < -0.3 is 5.32 Å². The van der Waals surface area contributed by atoms with Gasteiger partial charge in [-0.05, 0) is 53.5 Å². The first-order valence-electron chi connectivity index (χ1n) is 6.30. The Morgan fingerprint density at radius 1 is 1.20 bits per heavy atom. The van der Waals surface area contributed by atoms with Crippen LogP contribution in [0.25, 0.3) is 0 Å². The van der Waals surface area contributed by atoms with Crippen LogP contribution >= 0.6 is 15.9 Å². The highest BCUT2D eigenvalue weighted by atomic mass is 79.9. The third kappa shape index (κ3) is 3.45. The molecule has 0 heterocycles. The van der Waals surface area contributed by atoms with Crippen LogP contribution in [0.5, 0.6) is 0 Å². The highest BCUT2D eigenvalue weighted by Gasteiger charge is 2.14. The van der Waals surface area contributed by atoms with E-state index in [1.54, 1.807) is 0 Å². The van der Waals surface area contributed by atoms with Gasteiger partial charge in [-0.1, -0.05) is 29.8 Å². The first-order valence-corrected chi connectivity index (χ1v) is 7.09. The molecule has 1 N–H and O–H groups in total. The number of carbonyl (C=O) groups is 1. The molecule has 0 aliphatic heterocycles. The standard InChI is InChI=1S/C16H15BrFNO/c1-10-3-5-12(6-4-10)11(2)19-16(20)14-8-7-13(18)9-15(14)17/h3-9,11H,1-2H3,(H,19,20). The summed E-state index contributed by atoms with van der Waals surface area (Å²) >= 11 is 3.20. The Kier molecular flexibility index (Phi) is 4.55. The fraction of sp³-hybridized carbons (Fsp3) is 0.188. The number of nitrogens with one attached hydrogen (secondary N) is 1. The van der Waals surface area contributed by atoms with Gasteiger partial charge in [-0.3, -0.25) is 4.79 Å². The molecule has 0 fully saturated rings. The minimum atomic E-state index is -0.375. The van der Waals surface area contributed by atoms with E-state index in [-0.39, 0.29) is 17.8 Å². The molecule has 0 aliphatic carbocycles. The molecule has 104 valence electrons. The summed E-state index contributed by atoms with van der Waals surface area (Å²) in [6.07, 6.45) is 0. The summed E-state index contributed by atoms with van der Waals surface area (Å²) in [6, 6.07) is 11.9. The van der Waals surface area contributed by atoms with Gasteiger partial charge in [0, 0.05) is 4.47 Å². The molecule has 2 aromatic carbocycles. The molecule has 2 aromatic rings. The lowest BCUT2D eigenvalue weighted by Gasteiger charge is -2.15. The molecule has 0 saturated carbocycles. The second kappa shape index (κ2) is 6.18. The summed E-state index contributed by atoms with van der Waals surface area (Å²) in [4.78, 5) is 12.2. The van der Waals surface area contributed by atoms with E-state index in [2.05, 4.69) is 21.2 Å². The maximum absolute atomic E-state index is 13.0. The Balaban J connectivity index is 2.13. The molecule has 1 unspecified atom stereocenters. The van der Waals surface area contributed by atoms with Gasteiger partial charge in [-0.25, -0.2) is 4.39 Å². The number of halogens is 2. The number of amides is 1. The van der Waals surface area contributed by atoms with Crippen molar-refractivity contribution >= 4 is 21.8 Å². The van der Waals surface area contributed by atoms with E-state index in [0.717, 1.165) is 5.56 Å². The van der Waals surface area contributed by atoms with Crippen LogP contribution < -0.4 is 5.32 Å². The Morgan fingerprint density at radius 2 is 1.85 bits per heavy atom. The second-order valence-corrected chi connectivity index (χ2v) is 5.58. The zero-order valence-corrected chi connectivity index (χ0v) is 12.9. The summed E-state index contributed by atoms with van der Waals surface area (Å²) in [6.45, 7) is 3.93. The van der Waals surface area contributed by atoms with Crippen molar-refractivity contribution in [3.05, 3.63) is 69.4 Å². The van der Waals surface area contributed by atoms with Crippen LogP contribution in [-0.4, -0.2) is 5.91 Å². The van der Waals surface area contributed by atoms with Gasteiger partial charge in [0.2, 0.25) is 0 Å². The first kappa shape index (κ1) is 14.7. The zero-order chi connectivity index (χ0) is 14.7. The summed E-state index contributed by atoms with van der Waals surface area (Å²) in [5.74, 6) is -0.607. The summed E-state index contributed by atoms with van der Waals surface area (Å²) in [7, 11) is 0. The first-order chi connectivity index (χ1) is 9.47. The normalized spacial score (nSPS) is 12.0. The van der Waals surface area contributed by atoms with Crippen LogP contribution in [0.4, 0.5) is 4.39 Å². The van der Waals surface area contributed by atoms with Crippen LogP contribution in [-0.2, 0) is 0 Å². The molecule has 1 amide bonds. The van der Waals surface area contributed by atoms with Crippen molar-refractivity contribution in [2.24, 2.45) is 0 Å². The van der Waals surface area contributed by atoms with Gasteiger partial charge in [0.1, 0.15) is 5.82 Å². The van der Waals surface area contributed by atoms with E-state index < -0.39 is 0 Å². The Labute approximate surface area is 126 Å². The third-order valence-corrected chi connectivity index (χ3v) is 3.76. The second-order valence-electron chi connectivity index (χ2n) is 4.73. The fourth-order valence-electron chi connectivity index (χ4n) is 1.89. The lowest BCUT2D eigenvalue weighted by Crippen LogP contribution is -2.27. The number of hydrogen-bond donors (Lipinski definition) is 1. The lowest BCUT2D eigenvalue weighted by atomic mass is 10.1. The van der Waals surface area contributed by atoms with E-state index in [9.17, 15) is 9.18 Å². The van der Waals surface area contributed by atoms with Crippen molar-refractivity contribution < 1.29 is 9.18 Å². The van der Waals surface area contributed by atoms with E-state index >= 15 is 0 Å². The van der Waals surface area contributed by atoms with Crippen LogP contribution in [0, 0.1) is 12.7 Å². The Morgan fingerprint density at radius 3 is 2.45 bits per heavy atom. The van der Waals surface area contributed by atoms with Gasteiger partial charge in [0.15, 0.2) is 0 Å². The van der Waals surface area contributed by atoms with Crippen molar-refractivity contribution in [1.29, 1.82) is 0 Å². The van der Waals surface area contributed by atoms with Crippen molar-refractivity contribution in [3.63, 3.8) is 0 Å². The monoisotopic (exact) mass is 335 g/mol. The quantitative estimate of drug-likeness (QED) is 0.885. The molecular formula is C16H15BrFNO. The molecule has 0 saturated heterocycles. The predicted molar refractivity (Wildman–Crippen MR) is 81.2 cm³/mol. The molecule has 0 aliphatic rings. The minimum Gasteiger partial charge on any atom is -0.345 e. The Bertz CT molecular complexity index is 625. The fourth-order valence-corrected chi connectivity index (χ4v) is 2.42. The summed E-state index contributed by atoms with van der Waals surface area (Å²) < 4.78 is 13.5. The number of aryl methyl sites for hydroxylation is 1. The molecule has 2 nitrogen and oxygen atoms in total. The van der Waals surface area contributed by atoms with Crippen molar-refractivity contribution in [3.8, 4) is 0 Å². The molecule has 4 heteroatoms. The molecule has 0 aromatic heterocycles. The van der Waals surface area contributed by atoms with E-state index in [0.29, 0.717) is 10.0 Å². The average molecular weight is 336 g/mol. The van der Waals surface area contributed by atoms with E-state index in [1.165, 1.54) is 23.8 Å². The SMILES string of the molecule is Cc1ccc(C(C)NC(=O)c2ccc(F)cc2Br)cc1. The van der Waals surface area contributed by atoms with Gasteiger partial charge in [-0.2, -0.15) is 0 Å². The molecule has 2 rings (SSSR count). The molecule has 0 radical (unpaired) electrons. The average Bonchev–Trinajstić information content (AvgIpc) is 2.39. The molecule has 0 bridgehead atoms.